The van der Waals surface area contributed by atoms with Crippen LogP contribution in [0, 0.1) is 5.82 Å². The number of carbonyl (C=O) groups excluding carboxylic acids is 1. The number of carbonyl (C=O) groups is 1. The van der Waals surface area contributed by atoms with Crippen molar-refractivity contribution in [1.82, 2.24) is 10.3 Å². The van der Waals surface area contributed by atoms with Gasteiger partial charge in [0, 0.05) is 28.6 Å². The van der Waals surface area contributed by atoms with E-state index in [4.69, 9.17) is 16.3 Å². The van der Waals surface area contributed by atoms with E-state index in [-0.39, 0.29) is 18.2 Å². The Morgan fingerprint density at radius 3 is 2.61 bits per heavy atom. The van der Waals surface area contributed by atoms with Crippen molar-refractivity contribution in [3.63, 3.8) is 0 Å². The summed E-state index contributed by atoms with van der Waals surface area (Å²) < 4.78 is 20.3. The lowest BCUT2D eigenvalue weighted by molar-refractivity contribution is 0.0946. The van der Waals surface area contributed by atoms with E-state index in [1.165, 1.54) is 17.4 Å². The van der Waals surface area contributed by atoms with Crippen LogP contribution >= 0.6 is 22.9 Å². The molecular formula is C24H18ClFN2O2S. The molecule has 1 amide bonds. The van der Waals surface area contributed by atoms with Crippen LogP contribution in [0.3, 0.4) is 0 Å². The molecule has 0 radical (unpaired) electrons. The van der Waals surface area contributed by atoms with Crippen molar-refractivity contribution in [1.29, 1.82) is 0 Å². The molecule has 156 valence electrons. The van der Waals surface area contributed by atoms with E-state index >= 15 is 0 Å². The summed E-state index contributed by atoms with van der Waals surface area (Å²) in [6.07, 6.45) is 0. The largest absolute Gasteiger partial charge is 0.489 e. The normalized spacial score (nSPS) is 10.6. The molecule has 4 aromatic rings. The molecule has 31 heavy (non-hydrogen) atoms. The van der Waals surface area contributed by atoms with Crippen LogP contribution in [0.1, 0.15) is 21.6 Å². The minimum atomic E-state index is -0.464. The molecule has 0 aliphatic rings. The second-order valence-corrected chi connectivity index (χ2v) is 8.06. The number of ether oxygens (including phenoxy) is 1. The Labute approximate surface area is 188 Å². The molecule has 1 aromatic heterocycles. The van der Waals surface area contributed by atoms with Gasteiger partial charge in [0.1, 0.15) is 28.9 Å². The third-order valence-corrected chi connectivity index (χ3v) is 5.61. The van der Waals surface area contributed by atoms with Gasteiger partial charge in [0.25, 0.3) is 5.91 Å². The number of thiazole rings is 1. The van der Waals surface area contributed by atoms with Gasteiger partial charge in [-0.05, 0) is 35.4 Å². The number of hydrogen-bond donors (Lipinski definition) is 1. The first-order valence-corrected chi connectivity index (χ1v) is 10.8. The van der Waals surface area contributed by atoms with E-state index in [1.54, 1.807) is 29.6 Å². The molecule has 1 heterocycles. The SMILES string of the molecule is O=C(NCc1ccccc1)c1csc(-c2ccc(OCc3cccc(Cl)c3)cc2F)n1. The molecule has 7 heteroatoms. The fraction of sp³-hybridized carbons (Fsp3) is 0.0833. The van der Waals surface area contributed by atoms with Gasteiger partial charge in [0.05, 0.1) is 0 Å². The number of nitrogens with zero attached hydrogens (tertiary/aromatic N) is 1. The maximum Gasteiger partial charge on any atom is 0.271 e. The van der Waals surface area contributed by atoms with Crippen molar-refractivity contribution in [2.75, 3.05) is 0 Å². The average Bonchev–Trinajstić information content (AvgIpc) is 3.27. The zero-order valence-electron chi connectivity index (χ0n) is 16.3. The van der Waals surface area contributed by atoms with Gasteiger partial charge in [-0.1, -0.05) is 54.1 Å². The first kappa shape index (κ1) is 21.0. The van der Waals surface area contributed by atoms with E-state index in [9.17, 15) is 9.18 Å². The Balaban J connectivity index is 1.40. The Morgan fingerprint density at radius 2 is 1.84 bits per heavy atom. The molecule has 4 rings (SSSR count). The van der Waals surface area contributed by atoms with Crippen LogP contribution in [0.2, 0.25) is 5.02 Å². The van der Waals surface area contributed by atoms with Gasteiger partial charge in [0.2, 0.25) is 0 Å². The second kappa shape index (κ2) is 9.73. The van der Waals surface area contributed by atoms with Gasteiger partial charge in [-0.25, -0.2) is 9.37 Å². The number of nitrogens with one attached hydrogen (secondary N) is 1. The van der Waals surface area contributed by atoms with Crippen LogP contribution in [-0.4, -0.2) is 10.9 Å². The molecule has 0 saturated carbocycles. The molecule has 4 nitrogen and oxygen atoms in total. The van der Waals surface area contributed by atoms with E-state index < -0.39 is 5.82 Å². The fourth-order valence-corrected chi connectivity index (χ4v) is 3.96. The Hall–Kier alpha value is -3.22. The van der Waals surface area contributed by atoms with Crippen molar-refractivity contribution >= 4 is 28.8 Å². The highest BCUT2D eigenvalue weighted by Crippen LogP contribution is 2.29. The smallest absolute Gasteiger partial charge is 0.271 e. The number of benzene rings is 3. The van der Waals surface area contributed by atoms with E-state index in [2.05, 4.69) is 10.3 Å². The zero-order chi connectivity index (χ0) is 21.6. The molecule has 0 bridgehead atoms. The molecule has 0 aliphatic heterocycles. The third kappa shape index (κ3) is 5.48. The van der Waals surface area contributed by atoms with Crippen molar-refractivity contribution in [2.45, 2.75) is 13.2 Å². The quantitative estimate of drug-likeness (QED) is 0.368. The molecule has 0 spiro atoms. The topological polar surface area (TPSA) is 51.2 Å². The first-order valence-electron chi connectivity index (χ1n) is 9.53. The highest BCUT2D eigenvalue weighted by atomic mass is 35.5. The summed E-state index contributed by atoms with van der Waals surface area (Å²) in [4.78, 5) is 16.7. The Bertz CT molecular complexity index is 1200. The van der Waals surface area contributed by atoms with E-state index in [0.717, 1.165) is 11.1 Å². The van der Waals surface area contributed by atoms with Crippen LogP contribution in [0.15, 0.2) is 78.2 Å². The van der Waals surface area contributed by atoms with E-state index in [0.29, 0.717) is 27.9 Å². The standard InChI is InChI=1S/C24H18ClFN2O2S/c25-18-8-4-7-17(11-18)14-30-19-9-10-20(21(26)12-19)24-28-22(15-31-24)23(29)27-13-16-5-2-1-3-6-16/h1-12,15H,13-14H2,(H,27,29). The molecular weight excluding hydrogens is 435 g/mol. The Morgan fingerprint density at radius 1 is 1.03 bits per heavy atom. The fourth-order valence-electron chi connectivity index (χ4n) is 2.92. The molecule has 0 saturated heterocycles. The van der Waals surface area contributed by atoms with Crippen molar-refractivity contribution < 1.29 is 13.9 Å². The molecule has 0 unspecified atom stereocenters. The summed E-state index contributed by atoms with van der Waals surface area (Å²) >= 11 is 7.18. The number of rotatable bonds is 7. The van der Waals surface area contributed by atoms with Gasteiger partial charge in [-0.2, -0.15) is 0 Å². The van der Waals surface area contributed by atoms with Crippen LogP contribution in [0.4, 0.5) is 4.39 Å². The molecule has 0 aliphatic carbocycles. The van der Waals surface area contributed by atoms with Crippen molar-refractivity contribution in [3.8, 4) is 16.3 Å². The monoisotopic (exact) mass is 452 g/mol. The number of hydrogen-bond acceptors (Lipinski definition) is 4. The summed E-state index contributed by atoms with van der Waals surface area (Å²) in [5.41, 5.74) is 2.47. The summed E-state index contributed by atoms with van der Waals surface area (Å²) in [6, 6.07) is 21.5. The number of halogens is 2. The minimum Gasteiger partial charge on any atom is -0.489 e. The third-order valence-electron chi connectivity index (χ3n) is 4.50. The first-order chi connectivity index (χ1) is 15.1. The van der Waals surface area contributed by atoms with Gasteiger partial charge >= 0.3 is 0 Å². The Kier molecular flexibility index (Phi) is 6.60. The average molecular weight is 453 g/mol. The number of aromatic nitrogens is 1. The van der Waals surface area contributed by atoms with Crippen LogP contribution in [0.5, 0.6) is 5.75 Å². The summed E-state index contributed by atoms with van der Waals surface area (Å²) in [5.74, 6) is -0.360. The number of amides is 1. The van der Waals surface area contributed by atoms with Crippen LogP contribution < -0.4 is 10.1 Å². The predicted molar refractivity (Wildman–Crippen MR) is 121 cm³/mol. The van der Waals surface area contributed by atoms with Gasteiger partial charge in [-0.15, -0.1) is 11.3 Å². The van der Waals surface area contributed by atoms with Gasteiger partial charge < -0.3 is 10.1 Å². The maximum absolute atomic E-state index is 14.7. The van der Waals surface area contributed by atoms with Gasteiger partial charge in [0.15, 0.2) is 0 Å². The zero-order valence-corrected chi connectivity index (χ0v) is 17.9. The minimum absolute atomic E-state index is 0.261. The molecule has 1 N–H and O–H groups in total. The van der Waals surface area contributed by atoms with Crippen molar-refractivity contribution in [2.24, 2.45) is 0 Å². The predicted octanol–water partition coefficient (Wildman–Crippen LogP) is 6.11. The van der Waals surface area contributed by atoms with Gasteiger partial charge in [-0.3, -0.25) is 4.79 Å². The lowest BCUT2D eigenvalue weighted by Gasteiger charge is -2.08. The highest BCUT2D eigenvalue weighted by Gasteiger charge is 2.15. The molecule has 0 atom stereocenters. The maximum atomic E-state index is 14.7. The lowest BCUT2D eigenvalue weighted by Crippen LogP contribution is -2.23. The summed E-state index contributed by atoms with van der Waals surface area (Å²) in [7, 11) is 0. The molecule has 0 fully saturated rings. The summed E-state index contributed by atoms with van der Waals surface area (Å²) in [6.45, 7) is 0.682. The summed E-state index contributed by atoms with van der Waals surface area (Å²) in [5, 5.41) is 5.50. The second-order valence-electron chi connectivity index (χ2n) is 6.77. The van der Waals surface area contributed by atoms with Crippen molar-refractivity contribution in [3.05, 3.63) is 106 Å². The lowest BCUT2D eigenvalue weighted by atomic mass is 10.2. The van der Waals surface area contributed by atoms with Crippen LogP contribution in [-0.2, 0) is 13.2 Å². The van der Waals surface area contributed by atoms with Crippen LogP contribution in [0.25, 0.3) is 10.6 Å². The molecule has 3 aromatic carbocycles. The highest BCUT2D eigenvalue weighted by molar-refractivity contribution is 7.13. The van der Waals surface area contributed by atoms with E-state index in [1.807, 2.05) is 42.5 Å².